The number of alkyl halides is 4. The van der Waals surface area contributed by atoms with Gasteiger partial charge in [-0.05, 0) is 13.0 Å². The molecule has 0 aliphatic heterocycles. The topological polar surface area (TPSA) is 39.2 Å². The molecule has 0 N–H and O–H groups in total. The standard InChI is InChI=1S/C10H9F4NO2/c1-6(16)7-2-3-15-8(4-7)17-5-10(13,14)9(11)12/h2-4,9H,5H2,1H3. The van der Waals surface area contributed by atoms with E-state index in [1.54, 1.807) is 0 Å². The quantitative estimate of drug-likeness (QED) is 0.596. The highest BCUT2D eigenvalue weighted by atomic mass is 19.3. The van der Waals surface area contributed by atoms with Crippen molar-refractivity contribution in [1.29, 1.82) is 0 Å². The summed E-state index contributed by atoms with van der Waals surface area (Å²) in [4.78, 5) is 14.5. The average Bonchev–Trinajstić information content (AvgIpc) is 2.26. The summed E-state index contributed by atoms with van der Waals surface area (Å²) in [5, 5.41) is 0. The second-order valence-electron chi connectivity index (χ2n) is 3.29. The van der Waals surface area contributed by atoms with E-state index in [4.69, 9.17) is 0 Å². The number of pyridine rings is 1. The number of halogens is 4. The summed E-state index contributed by atoms with van der Waals surface area (Å²) in [6.07, 6.45) is -2.63. The molecule has 94 valence electrons. The van der Waals surface area contributed by atoms with Crippen molar-refractivity contribution in [3.8, 4) is 5.88 Å². The van der Waals surface area contributed by atoms with Crippen molar-refractivity contribution in [2.45, 2.75) is 19.3 Å². The van der Waals surface area contributed by atoms with Crippen LogP contribution in [0.4, 0.5) is 17.6 Å². The highest BCUT2D eigenvalue weighted by Crippen LogP contribution is 2.23. The van der Waals surface area contributed by atoms with E-state index in [2.05, 4.69) is 9.72 Å². The molecule has 1 heterocycles. The van der Waals surface area contributed by atoms with Crippen molar-refractivity contribution in [2.75, 3.05) is 6.61 Å². The Morgan fingerprint density at radius 3 is 2.71 bits per heavy atom. The number of rotatable bonds is 5. The van der Waals surface area contributed by atoms with Gasteiger partial charge in [-0.25, -0.2) is 13.8 Å². The van der Waals surface area contributed by atoms with Crippen LogP contribution in [-0.4, -0.2) is 29.7 Å². The lowest BCUT2D eigenvalue weighted by Gasteiger charge is -2.15. The number of hydrogen-bond donors (Lipinski definition) is 0. The maximum atomic E-state index is 12.5. The summed E-state index contributed by atoms with van der Waals surface area (Å²) < 4.78 is 53.1. The van der Waals surface area contributed by atoms with E-state index in [0.29, 0.717) is 0 Å². The highest BCUT2D eigenvalue weighted by Gasteiger charge is 2.41. The third-order valence-corrected chi connectivity index (χ3v) is 1.87. The van der Waals surface area contributed by atoms with E-state index in [9.17, 15) is 22.4 Å². The first kappa shape index (κ1) is 13.4. The third-order valence-electron chi connectivity index (χ3n) is 1.87. The molecular weight excluding hydrogens is 242 g/mol. The molecular formula is C10H9F4NO2. The van der Waals surface area contributed by atoms with Crippen LogP contribution in [0.3, 0.4) is 0 Å². The lowest BCUT2D eigenvalue weighted by molar-refractivity contribution is -0.148. The Morgan fingerprint density at radius 1 is 1.53 bits per heavy atom. The summed E-state index contributed by atoms with van der Waals surface area (Å²) in [6.45, 7) is -0.216. The van der Waals surface area contributed by atoms with E-state index < -0.39 is 19.0 Å². The van der Waals surface area contributed by atoms with Crippen molar-refractivity contribution < 1.29 is 27.1 Å². The predicted octanol–water partition coefficient (Wildman–Crippen LogP) is 2.56. The van der Waals surface area contributed by atoms with Gasteiger partial charge in [0.2, 0.25) is 5.88 Å². The average molecular weight is 251 g/mol. The zero-order chi connectivity index (χ0) is 13.1. The number of ketones is 1. The van der Waals surface area contributed by atoms with Gasteiger partial charge in [-0.2, -0.15) is 8.78 Å². The molecule has 0 aromatic carbocycles. The van der Waals surface area contributed by atoms with Gasteiger partial charge in [-0.3, -0.25) is 4.79 Å². The molecule has 7 heteroatoms. The molecule has 0 saturated heterocycles. The van der Waals surface area contributed by atoms with Crippen molar-refractivity contribution in [3.05, 3.63) is 23.9 Å². The Balaban J connectivity index is 2.70. The SMILES string of the molecule is CC(=O)c1ccnc(OCC(F)(F)C(F)F)c1. The smallest absolute Gasteiger partial charge is 0.340 e. The molecule has 0 bridgehead atoms. The molecule has 0 unspecified atom stereocenters. The molecule has 0 radical (unpaired) electrons. The van der Waals surface area contributed by atoms with Crippen LogP contribution in [0.15, 0.2) is 18.3 Å². The van der Waals surface area contributed by atoms with Crippen LogP contribution in [0.2, 0.25) is 0 Å². The molecule has 17 heavy (non-hydrogen) atoms. The van der Waals surface area contributed by atoms with Crippen molar-refractivity contribution in [3.63, 3.8) is 0 Å². The molecule has 0 amide bonds. The Kier molecular flexibility index (Phi) is 4.03. The van der Waals surface area contributed by atoms with Crippen molar-refractivity contribution in [1.82, 2.24) is 4.98 Å². The second-order valence-corrected chi connectivity index (χ2v) is 3.29. The van der Waals surface area contributed by atoms with Crippen LogP contribution >= 0.6 is 0 Å². The van der Waals surface area contributed by atoms with E-state index in [1.807, 2.05) is 0 Å². The molecule has 0 spiro atoms. The van der Waals surface area contributed by atoms with E-state index in [-0.39, 0.29) is 17.2 Å². The normalized spacial score (nSPS) is 11.6. The first-order chi connectivity index (χ1) is 7.83. The fraction of sp³-hybridized carbons (Fsp3) is 0.400. The van der Waals surface area contributed by atoms with Crippen LogP contribution < -0.4 is 4.74 Å². The van der Waals surface area contributed by atoms with Gasteiger partial charge in [0.1, 0.15) is 0 Å². The van der Waals surface area contributed by atoms with Gasteiger partial charge < -0.3 is 4.74 Å². The summed E-state index contributed by atoms with van der Waals surface area (Å²) in [7, 11) is 0. The van der Waals surface area contributed by atoms with Crippen LogP contribution in [0, 0.1) is 0 Å². The number of hydrogen-bond acceptors (Lipinski definition) is 3. The first-order valence-corrected chi connectivity index (χ1v) is 4.58. The van der Waals surface area contributed by atoms with Crippen molar-refractivity contribution >= 4 is 5.78 Å². The van der Waals surface area contributed by atoms with Crippen LogP contribution in [0.5, 0.6) is 5.88 Å². The molecule has 0 aliphatic rings. The van der Waals surface area contributed by atoms with E-state index in [1.165, 1.54) is 19.2 Å². The second kappa shape index (κ2) is 5.11. The van der Waals surface area contributed by atoms with Crippen LogP contribution in [-0.2, 0) is 0 Å². The number of Topliss-reactive ketones (excluding diaryl/α,β-unsaturated/α-hetero) is 1. The summed E-state index contributed by atoms with van der Waals surface area (Å²) in [5.74, 6) is -4.84. The van der Waals surface area contributed by atoms with Crippen LogP contribution in [0.1, 0.15) is 17.3 Å². The third kappa shape index (κ3) is 3.69. The molecule has 1 rings (SSSR count). The van der Waals surface area contributed by atoms with Gasteiger partial charge in [-0.15, -0.1) is 0 Å². The maximum Gasteiger partial charge on any atom is 0.340 e. The molecule has 3 nitrogen and oxygen atoms in total. The predicted molar refractivity (Wildman–Crippen MR) is 50.7 cm³/mol. The molecule has 1 aromatic heterocycles. The van der Waals surface area contributed by atoms with Gasteiger partial charge in [0.15, 0.2) is 12.4 Å². The van der Waals surface area contributed by atoms with Gasteiger partial charge in [0.05, 0.1) is 0 Å². The van der Waals surface area contributed by atoms with Gasteiger partial charge in [0, 0.05) is 17.8 Å². The number of carbonyl (C=O) groups excluding carboxylic acids is 1. The molecule has 0 aliphatic carbocycles. The minimum absolute atomic E-state index is 0.204. The minimum Gasteiger partial charge on any atom is -0.471 e. The van der Waals surface area contributed by atoms with Gasteiger partial charge in [0.25, 0.3) is 0 Å². The Hall–Kier alpha value is -1.66. The Labute approximate surface area is 94.4 Å². The summed E-state index contributed by atoms with van der Waals surface area (Å²) in [6, 6.07) is 2.48. The Morgan fingerprint density at radius 2 is 2.18 bits per heavy atom. The number of ether oxygens (including phenoxy) is 1. The van der Waals surface area contributed by atoms with E-state index >= 15 is 0 Å². The molecule has 1 aromatic rings. The lowest BCUT2D eigenvalue weighted by atomic mass is 10.2. The molecule has 0 saturated carbocycles. The van der Waals surface area contributed by atoms with Crippen molar-refractivity contribution in [2.24, 2.45) is 0 Å². The Bertz CT molecular complexity index is 409. The first-order valence-electron chi connectivity index (χ1n) is 4.58. The number of nitrogens with zero attached hydrogens (tertiary/aromatic N) is 1. The monoisotopic (exact) mass is 251 g/mol. The molecule has 0 atom stereocenters. The largest absolute Gasteiger partial charge is 0.471 e. The van der Waals surface area contributed by atoms with E-state index in [0.717, 1.165) is 6.07 Å². The lowest BCUT2D eigenvalue weighted by Crippen LogP contribution is -2.33. The fourth-order valence-electron chi connectivity index (χ4n) is 0.941. The van der Waals surface area contributed by atoms with Crippen LogP contribution in [0.25, 0.3) is 0 Å². The fourth-order valence-corrected chi connectivity index (χ4v) is 0.941. The van der Waals surface area contributed by atoms with Gasteiger partial charge >= 0.3 is 12.3 Å². The zero-order valence-corrected chi connectivity index (χ0v) is 8.79. The summed E-state index contributed by atoms with van der Waals surface area (Å²) in [5.41, 5.74) is 0.204. The van der Waals surface area contributed by atoms with Gasteiger partial charge in [-0.1, -0.05) is 0 Å². The maximum absolute atomic E-state index is 12.5. The summed E-state index contributed by atoms with van der Waals surface area (Å²) >= 11 is 0. The highest BCUT2D eigenvalue weighted by molar-refractivity contribution is 5.94. The number of aromatic nitrogens is 1. The zero-order valence-electron chi connectivity index (χ0n) is 8.79. The number of carbonyl (C=O) groups is 1. The molecule has 0 fully saturated rings. The minimum atomic E-state index is -4.24.